The van der Waals surface area contributed by atoms with E-state index in [0.29, 0.717) is 17.8 Å². The van der Waals surface area contributed by atoms with Crippen LogP contribution in [0.4, 0.5) is 11.4 Å². The molecule has 5 nitrogen and oxygen atoms in total. The summed E-state index contributed by atoms with van der Waals surface area (Å²) >= 11 is 0. The Morgan fingerprint density at radius 1 is 1.12 bits per heavy atom. The molecule has 1 N–H and O–H groups in total. The highest BCUT2D eigenvalue weighted by Crippen LogP contribution is 2.24. The molecule has 2 rings (SSSR count). The first-order valence-corrected chi connectivity index (χ1v) is 10.0. The molecular weight excluding hydrogens is 336 g/mol. The molecule has 2 aromatic rings. The second kappa shape index (κ2) is 7.70. The summed E-state index contributed by atoms with van der Waals surface area (Å²) in [4.78, 5) is 12.9. The molecule has 0 spiro atoms. The van der Waals surface area contributed by atoms with Crippen LogP contribution in [-0.4, -0.2) is 26.6 Å². The Bertz CT molecular complexity index is 848. The zero-order valence-electron chi connectivity index (χ0n) is 15.0. The van der Waals surface area contributed by atoms with Gasteiger partial charge in [0.05, 0.1) is 11.9 Å². The Labute approximate surface area is 149 Å². The van der Waals surface area contributed by atoms with Crippen molar-refractivity contribution in [3.8, 4) is 0 Å². The first-order chi connectivity index (χ1) is 11.7. The summed E-state index contributed by atoms with van der Waals surface area (Å²) in [5, 5.41) is 2.88. The second-order valence-corrected chi connectivity index (χ2v) is 7.99. The fourth-order valence-electron chi connectivity index (χ4n) is 2.72. The summed E-state index contributed by atoms with van der Waals surface area (Å²) in [7, 11) is -3.61. The van der Waals surface area contributed by atoms with E-state index in [9.17, 15) is 13.2 Å². The van der Waals surface area contributed by atoms with Crippen molar-refractivity contribution in [3.63, 3.8) is 0 Å². The third-order valence-corrected chi connectivity index (χ3v) is 5.17. The fraction of sp³-hybridized carbons (Fsp3) is 0.316. The number of para-hydroxylation sites is 1. The quantitative estimate of drug-likeness (QED) is 0.857. The van der Waals surface area contributed by atoms with Crippen LogP contribution >= 0.6 is 0 Å². The molecule has 0 heterocycles. The van der Waals surface area contributed by atoms with E-state index in [1.165, 1.54) is 4.31 Å². The topological polar surface area (TPSA) is 66.5 Å². The molecule has 25 heavy (non-hydrogen) atoms. The van der Waals surface area contributed by atoms with Gasteiger partial charge in [0.2, 0.25) is 15.9 Å². The lowest BCUT2D eigenvalue weighted by molar-refractivity contribution is -0.117. The van der Waals surface area contributed by atoms with E-state index >= 15 is 0 Å². The third kappa shape index (κ3) is 4.60. The number of anilines is 2. The summed E-state index contributed by atoms with van der Waals surface area (Å²) in [5.41, 5.74) is 3.13. The highest BCUT2D eigenvalue weighted by molar-refractivity contribution is 7.92. The van der Waals surface area contributed by atoms with Crippen LogP contribution in [0, 0.1) is 13.8 Å². The van der Waals surface area contributed by atoms with Crippen LogP contribution < -0.4 is 9.62 Å². The molecule has 0 unspecified atom stereocenters. The number of benzene rings is 2. The SMILES string of the molecule is CC[C@@H](C(=O)Nc1cc(C)ccc1C)N(c1ccccc1)S(C)(=O)=O. The predicted molar refractivity (Wildman–Crippen MR) is 102 cm³/mol. The van der Waals surface area contributed by atoms with E-state index in [-0.39, 0.29) is 5.91 Å². The smallest absolute Gasteiger partial charge is 0.248 e. The van der Waals surface area contributed by atoms with Gasteiger partial charge in [-0.25, -0.2) is 8.42 Å². The lowest BCUT2D eigenvalue weighted by Crippen LogP contribution is -2.47. The van der Waals surface area contributed by atoms with E-state index < -0.39 is 16.1 Å². The molecular formula is C19H24N2O3S. The number of amides is 1. The van der Waals surface area contributed by atoms with Crippen molar-refractivity contribution in [2.75, 3.05) is 15.9 Å². The van der Waals surface area contributed by atoms with Crippen molar-refractivity contribution in [1.82, 2.24) is 0 Å². The Morgan fingerprint density at radius 3 is 2.32 bits per heavy atom. The monoisotopic (exact) mass is 360 g/mol. The van der Waals surface area contributed by atoms with Crippen LogP contribution in [0.1, 0.15) is 24.5 Å². The summed E-state index contributed by atoms with van der Waals surface area (Å²) in [5.74, 6) is -0.342. The minimum Gasteiger partial charge on any atom is -0.324 e. The third-order valence-electron chi connectivity index (χ3n) is 3.99. The van der Waals surface area contributed by atoms with Crippen LogP contribution in [0.3, 0.4) is 0 Å². The van der Waals surface area contributed by atoms with Gasteiger partial charge in [-0.3, -0.25) is 9.10 Å². The standard InChI is InChI=1S/C19H24N2O3S/c1-5-18(19(22)20-17-13-14(2)11-12-15(17)3)21(25(4,23)24)16-9-7-6-8-10-16/h6-13,18H,5H2,1-4H3,(H,20,22)/t18-/m0/s1. The molecule has 134 valence electrons. The van der Waals surface area contributed by atoms with Crippen LogP contribution in [-0.2, 0) is 14.8 Å². The normalized spacial score (nSPS) is 12.5. The van der Waals surface area contributed by atoms with E-state index in [1.54, 1.807) is 37.3 Å². The Kier molecular flexibility index (Phi) is 5.85. The van der Waals surface area contributed by atoms with Crippen LogP contribution in [0.25, 0.3) is 0 Å². The maximum atomic E-state index is 12.9. The first-order valence-electron chi connectivity index (χ1n) is 8.16. The number of rotatable bonds is 6. The number of nitrogens with zero attached hydrogens (tertiary/aromatic N) is 1. The largest absolute Gasteiger partial charge is 0.324 e. The molecule has 0 fully saturated rings. The second-order valence-electron chi connectivity index (χ2n) is 6.13. The molecule has 0 aliphatic rings. The van der Waals surface area contributed by atoms with Crippen LogP contribution in [0.2, 0.25) is 0 Å². The summed E-state index contributed by atoms with van der Waals surface area (Å²) in [6.07, 6.45) is 1.48. The van der Waals surface area contributed by atoms with Gasteiger partial charge in [-0.15, -0.1) is 0 Å². The average molecular weight is 360 g/mol. The highest BCUT2D eigenvalue weighted by atomic mass is 32.2. The highest BCUT2D eigenvalue weighted by Gasteiger charge is 2.31. The van der Waals surface area contributed by atoms with Gasteiger partial charge in [-0.1, -0.05) is 37.3 Å². The number of hydrogen-bond acceptors (Lipinski definition) is 3. The zero-order chi connectivity index (χ0) is 18.6. The Balaban J connectivity index is 2.38. The van der Waals surface area contributed by atoms with Crippen molar-refractivity contribution in [3.05, 3.63) is 59.7 Å². The molecule has 0 saturated heterocycles. The van der Waals surface area contributed by atoms with Crippen LogP contribution in [0.5, 0.6) is 0 Å². The number of hydrogen-bond donors (Lipinski definition) is 1. The van der Waals surface area contributed by atoms with Gasteiger partial charge in [0, 0.05) is 5.69 Å². The maximum Gasteiger partial charge on any atom is 0.248 e. The molecule has 0 radical (unpaired) electrons. The summed E-state index contributed by atoms with van der Waals surface area (Å²) < 4.78 is 25.9. The molecule has 2 aromatic carbocycles. The number of aryl methyl sites for hydroxylation is 2. The van der Waals surface area contributed by atoms with Crippen molar-refractivity contribution in [1.29, 1.82) is 0 Å². The maximum absolute atomic E-state index is 12.9. The van der Waals surface area contributed by atoms with Gasteiger partial charge in [-0.2, -0.15) is 0 Å². The first kappa shape index (κ1) is 19.0. The van der Waals surface area contributed by atoms with Gasteiger partial charge in [0.1, 0.15) is 6.04 Å². The van der Waals surface area contributed by atoms with Crippen LogP contribution in [0.15, 0.2) is 48.5 Å². The van der Waals surface area contributed by atoms with Crippen molar-refractivity contribution < 1.29 is 13.2 Å². The number of sulfonamides is 1. The minimum absolute atomic E-state index is 0.342. The van der Waals surface area contributed by atoms with Crippen molar-refractivity contribution in [2.45, 2.75) is 33.2 Å². The van der Waals surface area contributed by atoms with Crippen molar-refractivity contribution in [2.24, 2.45) is 0 Å². The summed E-state index contributed by atoms with van der Waals surface area (Å²) in [6, 6.07) is 13.6. The van der Waals surface area contributed by atoms with Gasteiger partial charge >= 0.3 is 0 Å². The average Bonchev–Trinajstić information content (AvgIpc) is 2.55. The van der Waals surface area contributed by atoms with Gasteiger partial charge < -0.3 is 5.32 Å². The molecule has 0 bridgehead atoms. The molecule has 6 heteroatoms. The Hall–Kier alpha value is -2.34. The van der Waals surface area contributed by atoms with Gasteiger partial charge in [0.25, 0.3) is 0 Å². The van der Waals surface area contributed by atoms with E-state index in [2.05, 4.69) is 5.32 Å². The summed E-state index contributed by atoms with van der Waals surface area (Å²) in [6.45, 7) is 5.65. The molecule has 0 aromatic heterocycles. The lowest BCUT2D eigenvalue weighted by atomic mass is 10.1. The molecule has 1 atom stereocenters. The minimum atomic E-state index is -3.61. The van der Waals surface area contributed by atoms with Crippen molar-refractivity contribution >= 4 is 27.3 Å². The number of carbonyl (C=O) groups excluding carboxylic acids is 1. The molecule has 0 aliphatic heterocycles. The number of nitrogens with one attached hydrogen (secondary N) is 1. The predicted octanol–water partition coefficient (Wildman–Crippen LogP) is 3.49. The molecule has 1 amide bonds. The van der Waals surface area contributed by atoms with E-state index in [1.807, 2.05) is 32.0 Å². The van der Waals surface area contributed by atoms with E-state index in [0.717, 1.165) is 17.4 Å². The van der Waals surface area contributed by atoms with E-state index in [4.69, 9.17) is 0 Å². The lowest BCUT2D eigenvalue weighted by Gasteiger charge is -2.30. The van der Waals surface area contributed by atoms with Gasteiger partial charge in [0.15, 0.2) is 0 Å². The fourth-order valence-corrected chi connectivity index (χ4v) is 3.93. The van der Waals surface area contributed by atoms with Gasteiger partial charge in [-0.05, 0) is 49.6 Å². The molecule has 0 saturated carbocycles. The Morgan fingerprint density at radius 2 is 1.76 bits per heavy atom. The zero-order valence-corrected chi connectivity index (χ0v) is 15.8. The molecule has 0 aliphatic carbocycles. The number of carbonyl (C=O) groups is 1.